The number of phenolic OH excluding ortho intramolecular Hbond substituents is 1. The molecule has 0 radical (unpaired) electrons. The Hall–Kier alpha value is -3.54. The number of anilines is 1. The number of amides is 1. The maximum Gasteiger partial charge on any atom is 0.252 e. The molecule has 2 aromatic rings. The molecule has 3 aliphatic carbocycles. The second-order valence-electron chi connectivity index (χ2n) is 10.2. The molecule has 2 unspecified atom stereocenters. The van der Waals surface area contributed by atoms with E-state index in [-0.39, 0.29) is 23.3 Å². The van der Waals surface area contributed by atoms with Gasteiger partial charge in [0.05, 0.1) is 16.7 Å². The number of nitrogens with zero attached hydrogens (tertiary/aromatic N) is 3. The zero-order chi connectivity index (χ0) is 27.0. The second-order valence-corrected chi connectivity index (χ2v) is 11.1. The minimum absolute atomic E-state index is 0.00864. The fourth-order valence-electron chi connectivity index (χ4n) is 6.03. The van der Waals surface area contributed by atoms with Gasteiger partial charge in [0.1, 0.15) is 16.5 Å². The van der Waals surface area contributed by atoms with Crippen molar-refractivity contribution in [2.45, 2.75) is 24.5 Å². The number of carbonyl (C=O) groups is 3. The van der Waals surface area contributed by atoms with E-state index in [0.29, 0.717) is 22.6 Å². The number of ketones is 2. The summed E-state index contributed by atoms with van der Waals surface area (Å²) in [6, 6.07) is 1.20. The molecule has 0 saturated heterocycles. The summed E-state index contributed by atoms with van der Waals surface area (Å²) in [5, 5.41) is 36.7. The molecule has 1 aromatic heterocycles. The van der Waals surface area contributed by atoms with Crippen LogP contribution in [-0.2, 0) is 16.0 Å². The number of aromatic hydroxyl groups is 1. The molecule has 1 amide bonds. The van der Waals surface area contributed by atoms with Gasteiger partial charge in [0.15, 0.2) is 11.4 Å². The number of benzene rings is 1. The van der Waals surface area contributed by atoms with Gasteiger partial charge in [-0.05, 0) is 44.5 Å². The number of Topliss-reactive ketones (excluding diaryl/α,β-unsaturated/α-hetero) is 2. The maximum atomic E-state index is 14.0. The van der Waals surface area contributed by atoms with Crippen molar-refractivity contribution < 1.29 is 29.7 Å². The highest BCUT2D eigenvalue weighted by Crippen LogP contribution is 2.53. The van der Waals surface area contributed by atoms with Crippen LogP contribution in [0.4, 0.5) is 5.69 Å². The third-order valence-corrected chi connectivity index (χ3v) is 8.56. The van der Waals surface area contributed by atoms with Crippen LogP contribution < -0.4 is 10.6 Å². The lowest BCUT2D eigenvalue weighted by Crippen LogP contribution is -2.62. The molecule has 0 spiro atoms. The average molecular weight is 525 g/mol. The molecule has 37 heavy (non-hydrogen) atoms. The van der Waals surface area contributed by atoms with Gasteiger partial charge in [-0.25, -0.2) is 4.98 Å². The first-order chi connectivity index (χ1) is 17.4. The third-order valence-electron chi connectivity index (χ3n) is 7.75. The molecular weight excluding hydrogens is 496 g/mol. The average Bonchev–Trinajstić information content (AvgIpc) is 3.35. The second kappa shape index (κ2) is 8.51. The predicted octanol–water partition coefficient (Wildman–Crippen LogP) is 1.42. The molecule has 4 atom stereocenters. The summed E-state index contributed by atoms with van der Waals surface area (Å²) in [6.07, 6.45) is 3.52. The van der Waals surface area contributed by atoms with Crippen LogP contribution >= 0.6 is 11.3 Å². The smallest absolute Gasteiger partial charge is 0.252 e. The Balaban J connectivity index is 1.74. The molecule has 1 aromatic carbocycles. The number of rotatable bonds is 4. The zero-order valence-electron chi connectivity index (χ0n) is 20.8. The van der Waals surface area contributed by atoms with Crippen LogP contribution in [0.3, 0.4) is 0 Å². The normalized spacial score (nSPS) is 27.0. The molecule has 0 fully saturated rings. The van der Waals surface area contributed by atoms with Gasteiger partial charge in [0.2, 0.25) is 5.78 Å². The van der Waals surface area contributed by atoms with Gasteiger partial charge < -0.3 is 30.9 Å². The number of hydrogen-bond donors (Lipinski definition) is 4. The van der Waals surface area contributed by atoms with Crippen molar-refractivity contribution in [2.24, 2.45) is 17.6 Å². The highest BCUT2D eigenvalue weighted by Gasteiger charge is 2.61. The summed E-state index contributed by atoms with van der Waals surface area (Å²) in [4.78, 5) is 47.2. The van der Waals surface area contributed by atoms with Gasteiger partial charge >= 0.3 is 0 Å². The molecule has 3 aliphatic rings. The molecule has 11 heteroatoms. The Bertz CT molecular complexity index is 1410. The molecule has 5 N–H and O–H groups in total. The summed E-state index contributed by atoms with van der Waals surface area (Å²) in [5.41, 5.74) is 4.11. The van der Waals surface area contributed by atoms with Gasteiger partial charge in [0.25, 0.3) is 5.91 Å². The zero-order valence-corrected chi connectivity index (χ0v) is 21.7. The number of aromatic nitrogens is 1. The van der Waals surface area contributed by atoms with E-state index in [1.54, 1.807) is 36.6 Å². The lowest BCUT2D eigenvalue weighted by Gasteiger charge is -2.49. The highest BCUT2D eigenvalue weighted by molar-refractivity contribution is 7.13. The van der Waals surface area contributed by atoms with Gasteiger partial charge in [-0.3, -0.25) is 14.4 Å². The molecule has 1 heterocycles. The minimum atomic E-state index is -2.50. The number of hydrogen-bond acceptors (Lipinski definition) is 10. The number of nitrogens with two attached hydrogens (primary N) is 1. The fraction of sp³-hybridized carbons (Fsp3) is 0.385. The first kappa shape index (κ1) is 25.1. The number of likely N-dealkylation sites (N-methyl/N-ethyl adjacent to an activating group) is 1. The molecule has 10 nitrogen and oxygen atoms in total. The quantitative estimate of drug-likeness (QED) is 0.434. The van der Waals surface area contributed by atoms with E-state index < -0.39 is 52.3 Å². The molecule has 5 rings (SSSR count). The van der Waals surface area contributed by atoms with E-state index in [1.165, 1.54) is 17.4 Å². The predicted molar refractivity (Wildman–Crippen MR) is 138 cm³/mol. The number of primary amides is 1. The van der Waals surface area contributed by atoms with E-state index in [1.807, 2.05) is 19.0 Å². The Morgan fingerprint density at radius 3 is 2.49 bits per heavy atom. The Morgan fingerprint density at radius 2 is 1.92 bits per heavy atom. The number of phenols is 1. The fourth-order valence-corrected chi connectivity index (χ4v) is 6.68. The largest absolute Gasteiger partial charge is 0.508 e. The molecular formula is C26H28N4O6S. The van der Waals surface area contributed by atoms with Crippen molar-refractivity contribution >= 4 is 34.5 Å². The summed E-state index contributed by atoms with van der Waals surface area (Å²) in [6.45, 7) is 0. The van der Waals surface area contributed by atoms with Gasteiger partial charge in [0, 0.05) is 48.9 Å². The van der Waals surface area contributed by atoms with E-state index >= 15 is 0 Å². The molecule has 0 aliphatic heterocycles. The monoisotopic (exact) mass is 524 g/mol. The Labute approximate surface area is 217 Å². The topological polar surface area (TPSA) is 157 Å². The maximum absolute atomic E-state index is 14.0. The first-order valence-electron chi connectivity index (χ1n) is 11.8. The van der Waals surface area contributed by atoms with E-state index in [0.717, 1.165) is 5.69 Å². The van der Waals surface area contributed by atoms with E-state index in [9.17, 15) is 29.7 Å². The van der Waals surface area contributed by atoms with Crippen LogP contribution in [-0.4, -0.2) is 82.5 Å². The highest BCUT2D eigenvalue weighted by atomic mass is 32.1. The van der Waals surface area contributed by atoms with Crippen molar-refractivity contribution in [2.75, 3.05) is 33.1 Å². The van der Waals surface area contributed by atoms with Crippen molar-refractivity contribution in [1.82, 2.24) is 9.88 Å². The molecule has 0 bridgehead atoms. The summed E-state index contributed by atoms with van der Waals surface area (Å²) in [5.74, 6) is -5.12. The lowest BCUT2D eigenvalue weighted by atomic mass is 9.59. The van der Waals surface area contributed by atoms with Crippen LogP contribution in [0.15, 0.2) is 40.6 Å². The van der Waals surface area contributed by atoms with Crippen molar-refractivity contribution in [3.8, 4) is 16.3 Å². The van der Waals surface area contributed by atoms with Crippen LogP contribution in [0.25, 0.3) is 10.6 Å². The Kier molecular flexibility index (Phi) is 5.78. The number of fused-ring (bicyclic) bond motifs is 3. The van der Waals surface area contributed by atoms with E-state index in [2.05, 4.69) is 4.98 Å². The summed E-state index contributed by atoms with van der Waals surface area (Å²) in [7, 11) is 7.14. The summed E-state index contributed by atoms with van der Waals surface area (Å²) < 4.78 is 0. The standard InChI is InChI=1S/C26H28N4O6S/c1-29(2)16-9-13(25-28-5-6-37-25)20(31)19-12(16)7-11-8-15-17(30(3)4)10-14(24(27)35)22(33)26(15,36)23(34)18(11)21(19)32/h5-6,9-11,15,17,31,34,36H,7-8H2,1-4H3,(H2,27,35)/t11?,15?,17-,26-/m1/s1. The minimum Gasteiger partial charge on any atom is -0.508 e. The number of carbonyl (C=O) groups excluding carboxylic acids is 3. The molecule has 0 saturated carbocycles. The van der Waals surface area contributed by atoms with Crippen LogP contribution in [0.2, 0.25) is 0 Å². The van der Waals surface area contributed by atoms with Crippen LogP contribution in [0.5, 0.6) is 5.75 Å². The number of thiazole rings is 1. The number of allylic oxidation sites excluding steroid dienone is 1. The number of aliphatic hydroxyl groups is 2. The SMILES string of the molecule is CN(C)c1cc(-c2nccs2)c(O)c2c1CC1CC3[C@H](N(C)C)C=C(C(N)=O)C(=O)[C@@]3(O)C(O)=C1C2=O. The van der Waals surface area contributed by atoms with Crippen LogP contribution in [0.1, 0.15) is 22.3 Å². The third kappa shape index (κ3) is 3.45. The van der Waals surface area contributed by atoms with Gasteiger partial charge in [-0.2, -0.15) is 0 Å². The van der Waals surface area contributed by atoms with Gasteiger partial charge in [-0.1, -0.05) is 6.08 Å². The van der Waals surface area contributed by atoms with Crippen LogP contribution in [0, 0.1) is 11.8 Å². The first-order valence-corrected chi connectivity index (χ1v) is 12.7. The Morgan fingerprint density at radius 1 is 1.22 bits per heavy atom. The van der Waals surface area contributed by atoms with Gasteiger partial charge in [-0.15, -0.1) is 11.3 Å². The summed E-state index contributed by atoms with van der Waals surface area (Å²) >= 11 is 1.30. The van der Waals surface area contributed by atoms with Crippen molar-refractivity contribution in [3.05, 3.63) is 51.8 Å². The van der Waals surface area contributed by atoms with Crippen molar-refractivity contribution in [3.63, 3.8) is 0 Å². The molecule has 194 valence electrons. The number of aliphatic hydroxyl groups excluding tert-OH is 1. The van der Waals surface area contributed by atoms with Crippen molar-refractivity contribution in [1.29, 1.82) is 0 Å². The lowest BCUT2D eigenvalue weighted by molar-refractivity contribution is -0.146. The van der Waals surface area contributed by atoms with E-state index in [4.69, 9.17) is 5.73 Å².